The monoisotopic (exact) mass is 236 g/mol. The van der Waals surface area contributed by atoms with Crippen LogP contribution in [-0.4, -0.2) is 5.78 Å². The van der Waals surface area contributed by atoms with Crippen LogP contribution >= 0.6 is 0 Å². The Morgan fingerprint density at radius 1 is 0.944 bits per heavy atom. The molecule has 0 N–H and O–H groups in total. The van der Waals surface area contributed by atoms with E-state index in [-0.39, 0.29) is 5.92 Å². The van der Waals surface area contributed by atoms with Crippen LogP contribution in [0.3, 0.4) is 0 Å². The van der Waals surface area contributed by atoms with Crippen molar-refractivity contribution in [3.8, 4) is 0 Å². The number of hydrogen-bond donors (Lipinski definition) is 0. The topological polar surface area (TPSA) is 17.1 Å². The number of carbonyl (C=O) groups excluding carboxylic acids is 1. The van der Waals surface area contributed by atoms with Gasteiger partial charge in [-0.3, -0.25) is 4.79 Å². The second-order valence-corrected chi connectivity index (χ2v) is 5.72. The van der Waals surface area contributed by atoms with Crippen molar-refractivity contribution in [2.45, 2.75) is 25.2 Å². The summed E-state index contributed by atoms with van der Waals surface area (Å²) in [5.74, 6) is 1.64. The molecule has 2 fully saturated rings. The lowest BCUT2D eigenvalue weighted by Crippen LogP contribution is -2.20. The van der Waals surface area contributed by atoms with E-state index in [0.717, 1.165) is 12.8 Å². The SMILES string of the molecule is O=C1C2CCC(C2)C1c1cccc2ccccc12. The van der Waals surface area contributed by atoms with Crippen LogP contribution in [0.15, 0.2) is 42.5 Å². The average molecular weight is 236 g/mol. The van der Waals surface area contributed by atoms with E-state index in [4.69, 9.17) is 0 Å². The third-order valence-corrected chi connectivity index (χ3v) is 4.81. The van der Waals surface area contributed by atoms with Gasteiger partial charge in [0.05, 0.1) is 0 Å². The zero-order valence-electron chi connectivity index (χ0n) is 10.3. The molecule has 2 aromatic rings. The second kappa shape index (κ2) is 3.68. The van der Waals surface area contributed by atoms with Crippen molar-refractivity contribution in [3.63, 3.8) is 0 Å². The molecular weight excluding hydrogens is 220 g/mol. The highest BCUT2D eigenvalue weighted by atomic mass is 16.1. The first kappa shape index (κ1) is 10.3. The van der Waals surface area contributed by atoms with Crippen LogP contribution < -0.4 is 0 Å². The summed E-state index contributed by atoms with van der Waals surface area (Å²) in [5, 5.41) is 2.52. The minimum absolute atomic E-state index is 0.176. The largest absolute Gasteiger partial charge is 0.299 e. The summed E-state index contributed by atoms with van der Waals surface area (Å²) in [4.78, 5) is 12.4. The summed E-state index contributed by atoms with van der Waals surface area (Å²) in [6.07, 6.45) is 3.50. The number of benzene rings is 2. The Morgan fingerprint density at radius 3 is 2.61 bits per heavy atom. The van der Waals surface area contributed by atoms with Gasteiger partial charge in [0, 0.05) is 11.8 Å². The summed E-state index contributed by atoms with van der Waals surface area (Å²) in [6, 6.07) is 14.8. The average Bonchev–Trinajstić information content (AvgIpc) is 2.99. The fourth-order valence-corrected chi connectivity index (χ4v) is 3.99. The zero-order valence-corrected chi connectivity index (χ0v) is 10.3. The molecule has 0 aromatic heterocycles. The first-order chi connectivity index (χ1) is 8.84. The van der Waals surface area contributed by atoms with Gasteiger partial charge in [0.2, 0.25) is 0 Å². The Kier molecular flexibility index (Phi) is 2.11. The summed E-state index contributed by atoms with van der Waals surface area (Å²) in [7, 11) is 0. The predicted molar refractivity (Wildman–Crippen MR) is 72.5 cm³/mol. The normalized spacial score (nSPS) is 30.2. The van der Waals surface area contributed by atoms with Crippen molar-refractivity contribution in [1.29, 1.82) is 0 Å². The van der Waals surface area contributed by atoms with Crippen LogP contribution in [0.2, 0.25) is 0 Å². The first-order valence-corrected chi connectivity index (χ1v) is 6.86. The molecule has 0 amide bonds. The maximum Gasteiger partial charge on any atom is 0.143 e. The van der Waals surface area contributed by atoms with Gasteiger partial charge < -0.3 is 0 Å². The molecule has 90 valence electrons. The lowest BCUT2D eigenvalue weighted by Gasteiger charge is -2.22. The Hall–Kier alpha value is -1.63. The molecular formula is C17H16O. The molecule has 1 heteroatoms. The molecule has 2 aromatic carbocycles. The third-order valence-electron chi connectivity index (χ3n) is 4.81. The van der Waals surface area contributed by atoms with Gasteiger partial charge in [-0.05, 0) is 41.5 Å². The summed E-state index contributed by atoms with van der Waals surface area (Å²) >= 11 is 0. The number of ketones is 1. The van der Waals surface area contributed by atoms with Crippen molar-refractivity contribution in [1.82, 2.24) is 0 Å². The highest BCUT2D eigenvalue weighted by Gasteiger charge is 2.47. The Balaban J connectivity index is 1.90. The molecule has 3 atom stereocenters. The van der Waals surface area contributed by atoms with Gasteiger partial charge in [0.25, 0.3) is 0 Å². The second-order valence-electron chi connectivity index (χ2n) is 5.72. The Bertz CT molecular complexity index is 623. The summed E-state index contributed by atoms with van der Waals surface area (Å²) in [5.41, 5.74) is 1.27. The van der Waals surface area contributed by atoms with E-state index in [2.05, 4.69) is 42.5 Å². The Labute approximate surface area is 107 Å². The van der Waals surface area contributed by atoms with Gasteiger partial charge >= 0.3 is 0 Å². The van der Waals surface area contributed by atoms with Gasteiger partial charge in [-0.15, -0.1) is 0 Å². The molecule has 0 aliphatic heterocycles. The predicted octanol–water partition coefficient (Wildman–Crippen LogP) is 3.92. The fourth-order valence-electron chi connectivity index (χ4n) is 3.99. The first-order valence-electron chi connectivity index (χ1n) is 6.86. The maximum absolute atomic E-state index is 12.4. The van der Waals surface area contributed by atoms with E-state index in [0.29, 0.717) is 17.6 Å². The van der Waals surface area contributed by atoms with Gasteiger partial charge in [-0.25, -0.2) is 0 Å². The number of carbonyl (C=O) groups is 1. The molecule has 2 bridgehead atoms. The number of fused-ring (bicyclic) bond motifs is 3. The van der Waals surface area contributed by atoms with Crippen molar-refractivity contribution in [3.05, 3.63) is 48.0 Å². The summed E-state index contributed by atoms with van der Waals surface area (Å²) < 4.78 is 0. The molecule has 1 nitrogen and oxygen atoms in total. The highest BCUT2D eigenvalue weighted by molar-refractivity contribution is 5.97. The lowest BCUT2D eigenvalue weighted by atomic mass is 9.80. The van der Waals surface area contributed by atoms with E-state index >= 15 is 0 Å². The van der Waals surface area contributed by atoms with Crippen LogP contribution in [0.5, 0.6) is 0 Å². The minimum Gasteiger partial charge on any atom is -0.299 e. The lowest BCUT2D eigenvalue weighted by molar-refractivity contribution is -0.123. The van der Waals surface area contributed by atoms with Crippen LogP contribution in [0.25, 0.3) is 10.8 Å². The number of Topliss-reactive ketones (excluding diaryl/α,β-unsaturated/α-hetero) is 1. The molecule has 4 rings (SSSR count). The van der Waals surface area contributed by atoms with Crippen molar-refractivity contribution in [2.75, 3.05) is 0 Å². The number of hydrogen-bond acceptors (Lipinski definition) is 1. The van der Waals surface area contributed by atoms with Gasteiger partial charge in [-0.2, -0.15) is 0 Å². The van der Waals surface area contributed by atoms with Gasteiger partial charge in [0.15, 0.2) is 0 Å². The van der Waals surface area contributed by atoms with Gasteiger partial charge in [-0.1, -0.05) is 42.5 Å². The van der Waals surface area contributed by atoms with Crippen LogP contribution in [0, 0.1) is 11.8 Å². The molecule has 0 heterocycles. The van der Waals surface area contributed by atoms with Crippen molar-refractivity contribution < 1.29 is 4.79 Å². The van der Waals surface area contributed by atoms with Crippen LogP contribution in [0.4, 0.5) is 0 Å². The van der Waals surface area contributed by atoms with E-state index in [1.165, 1.54) is 22.8 Å². The van der Waals surface area contributed by atoms with Crippen molar-refractivity contribution in [2.24, 2.45) is 11.8 Å². The molecule has 0 radical (unpaired) electrons. The zero-order chi connectivity index (χ0) is 12.1. The van der Waals surface area contributed by atoms with E-state index in [9.17, 15) is 4.79 Å². The molecule has 0 spiro atoms. The molecule has 2 saturated carbocycles. The van der Waals surface area contributed by atoms with Crippen LogP contribution in [0.1, 0.15) is 30.7 Å². The molecule has 18 heavy (non-hydrogen) atoms. The van der Waals surface area contributed by atoms with Crippen LogP contribution in [-0.2, 0) is 4.79 Å². The molecule has 2 aliphatic carbocycles. The molecule has 2 aliphatic rings. The Morgan fingerprint density at radius 2 is 1.78 bits per heavy atom. The maximum atomic E-state index is 12.4. The summed E-state index contributed by atoms with van der Waals surface area (Å²) in [6.45, 7) is 0. The quantitative estimate of drug-likeness (QED) is 0.733. The molecule has 0 saturated heterocycles. The van der Waals surface area contributed by atoms with Gasteiger partial charge in [0.1, 0.15) is 5.78 Å². The van der Waals surface area contributed by atoms with E-state index in [1.807, 2.05) is 0 Å². The third kappa shape index (κ3) is 1.30. The highest BCUT2D eigenvalue weighted by Crippen LogP contribution is 2.51. The smallest absolute Gasteiger partial charge is 0.143 e. The fraction of sp³-hybridized carbons (Fsp3) is 0.353. The molecule has 3 unspecified atom stereocenters. The minimum atomic E-state index is 0.176. The van der Waals surface area contributed by atoms with E-state index < -0.39 is 0 Å². The number of rotatable bonds is 1. The van der Waals surface area contributed by atoms with E-state index in [1.54, 1.807) is 0 Å². The standard InChI is InChI=1S/C17H16O/c18-17-13-9-8-12(10-13)16(17)15-7-3-5-11-4-1-2-6-14(11)15/h1-7,12-13,16H,8-10H2. The van der Waals surface area contributed by atoms with Crippen molar-refractivity contribution >= 4 is 16.6 Å².